The van der Waals surface area contributed by atoms with Gasteiger partial charge in [0.25, 0.3) is 11.8 Å². The standard InChI is InChI=1S/C22H18FN3O4S/c23-16-5-1-4-15(10-16)22(28)26(12-18-7-3-9-30-18)13-20-25-19(14-31-20)21(27)24-11-17-6-2-8-29-17/h1-10,14H,11-13H2,(H,24,27). The van der Waals surface area contributed by atoms with Crippen LogP contribution in [0.4, 0.5) is 4.39 Å². The van der Waals surface area contributed by atoms with Crippen molar-refractivity contribution in [3.8, 4) is 0 Å². The highest BCUT2D eigenvalue weighted by atomic mass is 32.1. The average Bonchev–Trinajstić information content (AvgIpc) is 3.54. The zero-order valence-electron chi connectivity index (χ0n) is 16.3. The van der Waals surface area contributed by atoms with Crippen molar-refractivity contribution in [1.82, 2.24) is 15.2 Å². The Kier molecular flexibility index (Phi) is 6.23. The number of rotatable bonds is 8. The molecule has 0 radical (unpaired) electrons. The summed E-state index contributed by atoms with van der Waals surface area (Å²) < 4.78 is 24.2. The van der Waals surface area contributed by atoms with Crippen LogP contribution in [0.3, 0.4) is 0 Å². The molecule has 0 aliphatic heterocycles. The van der Waals surface area contributed by atoms with E-state index in [1.807, 2.05) is 0 Å². The summed E-state index contributed by atoms with van der Waals surface area (Å²) in [5.41, 5.74) is 0.474. The van der Waals surface area contributed by atoms with Crippen LogP contribution in [-0.2, 0) is 19.6 Å². The molecule has 4 aromatic rings. The third-order valence-electron chi connectivity index (χ3n) is 4.40. The highest BCUT2D eigenvalue weighted by Crippen LogP contribution is 2.18. The summed E-state index contributed by atoms with van der Waals surface area (Å²) in [5, 5.41) is 4.93. The van der Waals surface area contributed by atoms with Gasteiger partial charge in [-0.25, -0.2) is 9.37 Å². The van der Waals surface area contributed by atoms with Crippen LogP contribution >= 0.6 is 11.3 Å². The van der Waals surface area contributed by atoms with Gasteiger partial charge in [0.15, 0.2) is 0 Å². The Morgan fingerprint density at radius 1 is 1.03 bits per heavy atom. The normalized spacial score (nSPS) is 10.7. The van der Waals surface area contributed by atoms with Crippen molar-refractivity contribution in [3.63, 3.8) is 0 Å². The highest BCUT2D eigenvalue weighted by molar-refractivity contribution is 7.09. The predicted molar refractivity (Wildman–Crippen MR) is 111 cm³/mol. The van der Waals surface area contributed by atoms with Crippen LogP contribution < -0.4 is 5.32 Å². The molecule has 3 heterocycles. The van der Waals surface area contributed by atoms with Gasteiger partial charge in [0.1, 0.15) is 28.0 Å². The van der Waals surface area contributed by atoms with Crippen molar-refractivity contribution in [3.05, 3.63) is 100 Å². The molecule has 4 rings (SSSR count). The predicted octanol–water partition coefficient (Wildman–Crippen LogP) is 4.24. The lowest BCUT2D eigenvalue weighted by Crippen LogP contribution is -2.30. The molecule has 0 bridgehead atoms. The maximum absolute atomic E-state index is 13.6. The van der Waals surface area contributed by atoms with E-state index in [1.165, 1.54) is 47.0 Å². The highest BCUT2D eigenvalue weighted by Gasteiger charge is 2.21. The molecule has 0 unspecified atom stereocenters. The molecule has 7 nitrogen and oxygen atoms in total. The zero-order valence-corrected chi connectivity index (χ0v) is 17.1. The van der Waals surface area contributed by atoms with Crippen molar-refractivity contribution >= 4 is 23.2 Å². The minimum absolute atomic E-state index is 0.145. The van der Waals surface area contributed by atoms with Crippen LogP contribution in [0.15, 0.2) is 75.3 Å². The van der Waals surface area contributed by atoms with Gasteiger partial charge in [0.05, 0.1) is 32.2 Å². The molecule has 0 aliphatic carbocycles. The fourth-order valence-electron chi connectivity index (χ4n) is 2.92. The van der Waals surface area contributed by atoms with Crippen molar-refractivity contribution < 1.29 is 22.8 Å². The smallest absolute Gasteiger partial charge is 0.271 e. The van der Waals surface area contributed by atoms with Crippen molar-refractivity contribution in [1.29, 1.82) is 0 Å². The van der Waals surface area contributed by atoms with Crippen LogP contribution in [0.25, 0.3) is 0 Å². The molecule has 3 aromatic heterocycles. The molecule has 0 fully saturated rings. The molecular weight excluding hydrogens is 421 g/mol. The van der Waals surface area contributed by atoms with E-state index in [0.29, 0.717) is 16.5 Å². The van der Waals surface area contributed by atoms with Crippen molar-refractivity contribution in [2.45, 2.75) is 19.6 Å². The van der Waals surface area contributed by atoms with E-state index in [-0.39, 0.29) is 42.7 Å². The lowest BCUT2D eigenvalue weighted by Gasteiger charge is -2.20. The number of thiazole rings is 1. The van der Waals surface area contributed by atoms with Crippen LogP contribution in [0.2, 0.25) is 0 Å². The van der Waals surface area contributed by atoms with Gasteiger partial charge in [-0.2, -0.15) is 0 Å². The minimum Gasteiger partial charge on any atom is -0.467 e. The lowest BCUT2D eigenvalue weighted by molar-refractivity contribution is 0.0717. The van der Waals surface area contributed by atoms with E-state index in [0.717, 1.165) is 0 Å². The lowest BCUT2D eigenvalue weighted by atomic mass is 10.2. The Labute approximate surface area is 181 Å². The molecule has 0 saturated carbocycles. The second-order valence-corrected chi connectivity index (χ2v) is 7.58. The van der Waals surface area contributed by atoms with Gasteiger partial charge in [-0.3, -0.25) is 9.59 Å². The van der Waals surface area contributed by atoms with E-state index in [4.69, 9.17) is 8.83 Å². The first-order chi connectivity index (χ1) is 15.1. The molecule has 2 amide bonds. The van der Waals surface area contributed by atoms with E-state index in [1.54, 1.807) is 35.7 Å². The Morgan fingerprint density at radius 2 is 1.81 bits per heavy atom. The number of furan rings is 2. The van der Waals surface area contributed by atoms with E-state index in [9.17, 15) is 14.0 Å². The molecule has 0 atom stereocenters. The SMILES string of the molecule is O=C(NCc1ccco1)c1csc(CN(Cc2ccco2)C(=O)c2cccc(F)c2)n1. The summed E-state index contributed by atoms with van der Waals surface area (Å²) in [5.74, 6) is 0.0169. The molecule has 0 aliphatic rings. The van der Waals surface area contributed by atoms with Crippen LogP contribution in [0.1, 0.15) is 37.4 Å². The van der Waals surface area contributed by atoms with Crippen LogP contribution in [0, 0.1) is 5.82 Å². The minimum atomic E-state index is -0.492. The summed E-state index contributed by atoms with van der Waals surface area (Å²) in [6, 6.07) is 12.5. The molecule has 31 heavy (non-hydrogen) atoms. The maximum atomic E-state index is 13.6. The van der Waals surface area contributed by atoms with E-state index in [2.05, 4.69) is 10.3 Å². The number of nitrogens with one attached hydrogen (secondary N) is 1. The summed E-state index contributed by atoms with van der Waals surface area (Å²) in [4.78, 5) is 31.2. The number of amides is 2. The summed E-state index contributed by atoms with van der Waals surface area (Å²) in [6.07, 6.45) is 3.05. The Balaban J connectivity index is 1.47. The van der Waals surface area contributed by atoms with Gasteiger partial charge in [-0.15, -0.1) is 11.3 Å². The number of carbonyl (C=O) groups excluding carboxylic acids is 2. The van der Waals surface area contributed by atoms with Crippen LogP contribution in [0.5, 0.6) is 0 Å². The van der Waals surface area contributed by atoms with E-state index < -0.39 is 5.82 Å². The molecule has 1 N–H and O–H groups in total. The Morgan fingerprint density at radius 3 is 2.52 bits per heavy atom. The molecule has 0 saturated heterocycles. The number of halogens is 1. The molecule has 158 valence electrons. The van der Waals surface area contributed by atoms with Crippen LogP contribution in [-0.4, -0.2) is 21.7 Å². The fraction of sp³-hybridized carbons (Fsp3) is 0.136. The number of nitrogens with zero attached hydrogens (tertiary/aromatic N) is 2. The second-order valence-electron chi connectivity index (χ2n) is 6.64. The number of carbonyl (C=O) groups is 2. The third kappa shape index (κ3) is 5.26. The van der Waals surface area contributed by atoms with Crippen molar-refractivity contribution in [2.24, 2.45) is 0 Å². The Bertz CT molecular complexity index is 1160. The van der Waals surface area contributed by atoms with Gasteiger partial charge in [0, 0.05) is 10.9 Å². The first-order valence-electron chi connectivity index (χ1n) is 9.40. The van der Waals surface area contributed by atoms with Gasteiger partial charge >= 0.3 is 0 Å². The molecule has 9 heteroatoms. The topological polar surface area (TPSA) is 88.6 Å². The first kappa shape index (κ1) is 20.5. The van der Waals surface area contributed by atoms with Crippen molar-refractivity contribution in [2.75, 3.05) is 0 Å². The molecule has 0 spiro atoms. The van der Waals surface area contributed by atoms with Gasteiger partial charge in [-0.1, -0.05) is 6.07 Å². The molecule has 1 aromatic carbocycles. The first-order valence-corrected chi connectivity index (χ1v) is 10.3. The fourth-order valence-corrected chi connectivity index (χ4v) is 3.71. The summed E-state index contributed by atoms with van der Waals surface area (Å²) in [6.45, 7) is 0.579. The van der Waals surface area contributed by atoms with Gasteiger partial charge in [-0.05, 0) is 42.5 Å². The largest absolute Gasteiger partial charge is 0.467 e. The van der Waals surface area contributed by atoms with Gasteiger partial charge < -0.3 is 19.1 Å². The third-order valence-corrected chi connectivity index (χ3v) is 5.23. The summed E-state index contributed by atoms with van der Waals surface area (Å²) >= 11 is 1.26. The number of hydrogen-bond acceptors (Lipinski definition) is 6. The maximum Gasteiger partial charge on any atom is 0.271 e. The quantitative estimate of drug-likeness (QED) is 0.444. The Hall–Kier alpha value is -3.72. The zero-order chi connectivity index (χ0) is 21.6. The average molecular weight is 439 g/mol. The second kappa shape index (κ2) is 9.40. The van der Waals surface area contributed by atoms with E-state index >= 15 is 0 Å². The van der Waals surface area contributed by atoms with Gasteiger partial charge in [0.2, 0.25) is 0 Å². The summed E-state index contributed by atoms with van der Waals surface area (Å²) in [7, 11) is 0. The number of hydrogen-bond donors (Lipinski definition) is 1. The number of aromatic nitrogens is 1. The molecular formula is C22H18FN3O4S. The number of benzene rings is 1. The monoisotopic (exact) mass is 439 g/mol.